The first-order chi connectivity index (χ1) is 8.04. The molecule has 0 saturated heterocycles. The average Bonchev–Trinajstić information content (AvgIpc) is 2.30. The van der Waals surface area contributed by atoms with Gasteiger partial charge in [0.15, 0.2) is 0 Å². The standard InChI is InChI=1S/C11H14N2O4/c1-16-10(14)4-5-17-9-3-2-7(12)6-8(9)11(13)15/h2-3,6H,4-5,12H2,1H3,(H2,13,15). The Morgan fingerprint density at radius 2 is 2.06 bits per heavy atom. The normalized spacial score (nSPS) is 9.71. The maximum Gasteiger partial charge on any atom is 0.308 e. The summed E-state index contributed by atoms with van der Waals surface area (Å²) >= 11 is 0. The van der Waals surface area contributed by atoms with E-state index in [-0.39, 0.29) is 24.6 Å². The van der Waals surface area contributed by atoms with Crippen molar-refractivity contribution in [2.75, 3.05) is 19.5 Å². The molecule has 0 bridgehead atoms. The number of primary amides is 1. The van der Waals surface area contributed by atoms with Crippen molar-refractivity contribution in [1.29, 1.82) is 0 Å². The van der Waals surface area contributed by atoms with Gasteiger partial charge in [-0.3, -0.25) is 9.59 Å². The first-order valence-electron chi connectivity index (χ1n) is 4.93. The molecule has 0 fully saturated rings. The molecule has 17 heavy (non-hydrogen) atoms. The zero-order chi connectivity index (χ0) is 12.8. The van der Waals surface area contributed by atoms with Crippen molar-refractivity contribution >= 4 is 17.6 Å². The first kappa shape index (κ1) is 12.8. The lowest BCUT2D eigenvalue weighted by atomic mass is 10.1. The smallest absolute Gasteiger partial charge is 0.308 e. The zero-order valence-electron chi connectivity index (χ0n) is 9.43. The Hall–Kier alpha value is -2.24. The Morgan fingerprint density at radius 1 is 1.35 bits per heavy atom. The Labute approximate surface area is 98.5 Å². The van der Waals surface area contributed by atoms with E-state index in [0.717, 1.165) is 0 Å². The molecule has 0 aromatic heterocycles. The van der Waals surface area contributed by atoms with Gasteiger partial charge in [-0.25, -0.2) is 0 Å². The number of benzene rings is 1. The van der Waals surface area contributed by atoms with Crippen LogP contribution in [-0.2, 0) is 9.53 Å². The summed E-state index contributed by atoms with van der Waals surface area (Å²) in [4.78, 5) is 22.0. The molecule has 0 atom stereocenters. The molecule has 0 spiro atoms. The predicted octanol–water partition coefficient (Wildman–Crippen LogP) is 0.310. The molecule has 6 nitrogen and oxygen atoms in total. The first-order valence-corrected chi connectivity index (χ1v) is 4.93. The van der Waals surface area contributed by atoms with Crippen LogP contribution in [0.25, 0.3) is 0 Å². The quantitative estimate of drug-likeness (QED) is 0.567. The van der Waals surface area contributed by atoms with E-state index in [1.807, 2.05) is 0 Å². The number of amides is 1. The van der Waals surface area contributed by atoms with Gasteiger partial charge in [0.05, 0.1) is 25.7 Å². The van der Waals surface area contributed by atoms with Gasteiger partial charge in [-0.15, -0.1) is 0 Å². The number of hydrogen-bond donors (Lipinski definition) is 2. The molecule has 1 amide bonds. The van der Waals surface area contributed by atoms with E-state index in [0.29, 0.717) is 11.4 Å². The van der Waals surface area contributed by atoms with E-state index < -0.39 is 5.91 Å². The van der Waals surface area contributed by atoms with E-state index in [2.05, 4.69) is 4.74 Å². The summed E-state index contributed by atoms with van der Waals surface area (Å²) in [5.41, 5.74) is 11.3. The average molecular weight is 238 g/mol. The molecular formula is C11H14N2O4. The van der Waals surface area contributed by atoms with Gasteiger partial charge in [0.1, 0.15) is 5.75 Å². The van der Waals surface area contributed by atoms with Gasteiger partial charge < -0.3 is 20.9 Å². The summed E-state index contributed by atoms with van der Waals surface area (Å²) in [6, 6.07) is 4.54. The summed E-state index contributed by atoms with van der Waals surface area (Å²) in [6.45, 7) is 0.108. The number of nitrogen functional groups attached to an aromatic ring is 1. The minimum Gasteiger partial charge on any atom is -0.492 e. The van der Waals surface area contributed by atoms with Crippen molar-refractivity contribution in [2.24, 2.45) is 5.73 Å². The van der Waals surface area contributed by atoms with Crippen LogP contribution in [0.2, 0.25) is 0 Å². The largest absolute Gasteiger partial charge is 0.492 e. The molecule has 0 aliphatic heterocycles. The van der Waals surface area contributed by atoms with Crippen LogP contribution in [0.5, 0.6) is 5.75 Å². The SMILES string of the molecule is COC(=O)CCOc1ccc(N)cc1C(N)=O. The lowest BCUT2D eigenvalue weighted by Crippen LogP contribution is -2.15. The van der Waals surface area contributed by atoms with E-state index in [1.165, 1.54) is 19.2 Å². The minimum absolute atomic E-state index is 0.0963. The molecule has 4 N–H and O–H groups in total. The van der Waals surface area contributed by atoms with Crippen LogP contribution in [0, 0.1) is 0 Å². The Kier molecular flexibility index (Phi) is 4.33. The fraction of sp³-hybridized carbons (Fsp3) is 0.273. The number of rotatable bonds is 5. The summed E-state index contributed by atoms with van der Waals surface area (Å²) < 4.78 is 9.72. The van der Waals surface area contributed by atoms with Crippen molar-refractivity contribution in [3.8, 4) is 5.75 Å². The predicted molar refractivity (Wildman–Crippen MR) is 61.5 cm³/mol. The molecule has 0 aliphatic rings. The third-order valence-electron chi connectivity index (χ3n) is 2.06. The topological polar surface area (TPSA) is 105 Å². The number of ether oxygens (including phenoxy) is 2. The number of carbonyl (C=O) groups excluding carboxylic acids is 2. The number of esters is 1. The van der Waals surface area contributed by atoms with Gasteiger partial charge in [-0.2, -0.15) is 0 Å². The molecule has 1 aromatic carbocycles. The summed E-state index contributed by atoms with van der Waals surface area (Å²) in [5, 5.41) is 0. The van der Waals surface area contributed by atoms with Crippen LogP contribution in [0.1, 0.15) is 16.8 Å². The maximum atomic E-state index is 11.1. The monoisotopic (exact) mass is 238 g/mol. The second kappa shape index (κ2) is 5.74. The molecule has 92 valence electrons. The van der Waals surface area contributed by atoms with Crippen LogP contribution in [0.15, 0.2) is 18.2 Å². The second-order valence-corrected chi connectivity index (χ2v) is 3.29. The molecule has 1 rings (SSSR count). The van der Waals surface area contributed by atoms with Crippen LogP contribution >= 0.6 is 0 Å². The number of anilines is 1. The molecule has 0 aliphatic carbocycles. The van der Waals surface area contributed by atoms with Crippen molar-refractivity contribution in [3.05, 3.63) is 23.8 Å². The highest BCUT2D eigenvalue weighted by Gasteiger charge is 2.10. The third-order valence-corrected chi connectivity index (χ3v) is 2.06. The number of carbonyl (C=O) groups is 2. The molecular weight excluding hydrogens is 224 g/mol. The van der Waals surface area contributed by atoms with Crippen LogP contribution in [0.3, 0.4) is 0 Å². The van der Waals surface area contributed by atoms with Crippen LogP contribution in [-0.4, -0.2) is 25.6 Å². The Balaban J connectivity index is 2.70. The summed E-state index contributed by atoms with van der Waals surface area (Å²) in [7, 11) is 1.29. The van der Waals surface area contributed by atoms with Gasteiger partial charge in [-0.1, -0.05) is 0 Å². The van der Waals surface area contributed by atoms with E-state index in [1.54, 1.807) is 6.07 Å². The van der Waals surface area contributed by atoms with Gasteiger partial charge in [0.2, 0.25) is 0 Å². The van der Waals surface area contributed by atoms with E-state index >= 15 is 0 Å². The summed E-state index contributed by atoms with van der Waals surface area (Å²) in [5.74, 6) is -0.720. The molecule has 6 heteroatoms. The number of nitrogens with two attached hydrogens (primary N) is 2. The lowest BCUT2D eigenvalue weighted by Gasteiger charge is -2.09. The zero-order valence-corrected chi connectivity index (χ0v) is 9.43. The van der Waals surface area contributed by atoms with Crippen molar-refractivity contribution in [2.45, 2.75) is 6.42 Å². The number of methoxy groups -OCH3 is 1. The highest BCUT2D eigenvalue weighted by Crippen LogP contribution is 2.21. The molecule has 0 radical (unpaired) electrons. The van der Waals surface area contributed by atoms with Gasteiger partial charge in [0.25, 0.3) is 5.91 Å². The van der Waals surface area contributed by atoms with E-state index in [9.17, 15) is 9.59 Å². The molecule has 0 saturated carbocycles. The van der Waals surface area contributed by atoms with Gasteiger partial charge in [0, 0.05) is 5.69 Å². The van der Waals surface area contributed by atoms with Crippen LogP contribution in [0.4, 0.5) is 5.69 Å². The fourth-order valence-electron chi connectivity index (χ4n) is 1.21. The van der Waals surface area contributed by atoms with Crippen LogP contribution < -0.4 is 16.2 Å². The molecule has 0 unspecified atom stereocenters. The summed E-state index contributed by atoms with van der Waals surface area (Å²) in [6.07, 6.45) is 0.0963. The Bertz CT molecular complexity index is 431. The molecule has 1 aromatic rings. The third kappa shape index (κ3) is 3.67. The van der Waals surface area contributed by atoms with Crippen molar-refractivity contribution in [3.63, 3.8) is 0 Å². The Morgan fingerprint density at radius 3 is 2.65 bits per heavy atom. The molecule has 0 heterocycles. The van der Waals surface area contributed by atoms with Gasteiger partial charge in [-0.05, 0) is 18.2 Å². The fourth-order valence-corrected chi connectivity index (χ4v) is 1.21. The number of hydrogen-bond acceptors (Lipinski definition) is 5. The van der Waals surface area contributed by atoms with E-state index in [4.69, 9.17) is 16.2 Å². The van der Waals surface area contributed by atoms with Crippen molar-refractivity contribution < 1.29 is 19.1 Å². The lowest BCUT2D eigenvalue weighted by molar-refractivity contribution is -0.141. The maximum absolute atomic E-state index is 11.1. The minimum atomic E-state index is -0.634. The highest BCUT2D eigenvalue weighted by atomic mass is 16.5. The second-order valence-electron chi connectivity index (χ2n) is 3.29. The highest BCUT2D eigenvalue weighted by molar-refractivity contribution is 5.96. The van der Waals surface area contributed by atoms with Gasteiger partial charge >= 0.3 is 5.97 Å². The van der Waals surface area contributed by atoms with Crippen molar-refractivity contribution in [1.82, 2.24) is 0 Å².